The van der Waals surface area contributed by atoms with Crippen molar-refractivity contribution >= 4 is 11.6 Å². The van der Waals surface area contributed by atoms with Crippen LogP contribution >= 0.6 is 0 Å². The first-order valence-corrected chi connectivity index (χ1v) is 8.46. The van der Waals surface area contributed by atoms with Gasteiger partial charge in [0.05, 0.1) is 0 Å². The Bertz CT molecular complexity index is 684. The summed E-state index contributed by atoms with van der Waals surface area (Å²) >= 11 is 0. The standard InChI is InChI=1S/C20H25N3O/c1-20(14-21)11-12-23(15-20)13-16-7-9-17(10-8-16)19(24)22-18-5-3-2-4-6-18/h2-10H,11-15,21H2,1H3,(H,22,24). The number of hydrogen-bond donors (Lipinski definition) is 2. The van der Waals surface area contributed by atoms with E-state index in [-0.39, 0.29) is 11.3 Å². The summed E-state index contributed by atoms with van der Waals surface area (Å²) in [4.78, 5) is 14.7. The van der Waals surface area contributed by atoms with Gasteiger partial charge in [0.15, 0.2) is 0 Å². The van der Waals surface area contributed by atoms with Crippen LogP contribution in [0.1, 0.15) is 29.3 Å². The Morgan fingerprint density at radius 2 is 1.88 bits per heavy atom. The average molecular weight is 323 g/mol. The van der Waals surface area contributed by atoms with Gasteiger partial charge in [-0.15, -0.1) is 0 Å². The molecule has 1 fully saturated rings. The van der Waals surface area contributed by atoms with Crippen LogP contribution in [0, 0.1) is 5.41 Å². The molecule has 3 N–H and O–H groups in total. The largest absolute Gasteiger partial charge is 0.330 e. The number of nitrogens with two attached hydrogens (primary N) is 1. The third-order valence-corrected chi connectivity index (χ3v) is 4.78. The van der Waals surface area contributed by atoms with Crippen LogP contribution < -0.4 is 11.1 Å². The van der Waals surface area contributed by atoms with Crippen LogP contribution in [-0.2, 0) is 6.54 Å². The van der Waals surface area contributed by atoms with E-state index in [0.717, 1.165) is 38.3 Å². The minimum absolute atomic E-state index is 0.0790. The minimum atomic E-state index is -0.0790. The highest BCUT2D eigenvalue weighted by Gasteiger charge is 2.32. The molecule has 126 valence electrons. The lowest BCUT2D eigenvalue weighted by molar-refractivity contribution is 0.102. The van der Waals surface area contributed by atoms with E-state index >= 15 is 0 Å². The van der Waals surface area contributed by atoms with Crippen molar-refractivity contribution in [1.29, 1.82) is 0 Å². The second-order valence-electron chi connectivity index (χ2n) is 6.99. The van der Waals surface area contributed by atoms with Crippen molar-refractivity contribution in [3.63, 3.8) is 0 Å². The first-order chi connectivity index (χ1) is 11.6. The smallest absolute Gasteiger partial charge is 0.255 e. The zero-order valence-electron chi connectivity index (χ0n) is 14.2. The number of likely N-dealkylation sites (tertiary alicyclic amines) is 1. The van der Waals surface area contributed by atoms with Gasteiger partial charge < -0.3 is 11.1 Å². The maximum absolute atomic E-state index is 12.3. The highest BCUT2D eigenvalue weighted by Crippen LogP contribution is 2.29. The van der Waals surface area contributed by atoms with Gasteiger partial charge >= 0.3 is 0 Å². The number of para-hydroxylation sites is 1. The predicted octanol–water partition coefficient (Wildman–Crippen LogP) is 3.11. The quantitative estimate of drug-likeness (QED) is 0.889. The number of hydrogen-bond acceptors (Lipinski definition) is 3. The van der Waals surface area contributed by atoms with E-state index in [1.165, 1.54) is 5.56 Å². The van der Waals surface area contributed by atoms with Crippen molar-refractivity contribution in [3.8, 4) is 0 Å². The lowest BCUT2D eigenvalue weighted by Gasteiger charge is -2.22. The molecule has 3 rings (SSSR count). The van der Waals surface area contributed by atoms with Gasteiger partial charge in [-0.25, -0.2) is 0 Å². The van der Waals surface area contributed by atoms with Gasteiger partial charge in [0.2, 0.25) is 0 Å². The topological polar surface area (TPSA) is 58.4 Å². The Morgan fingerprint density at radius 1 is 1.17 bits per heavy atom. The summed E-state index contributed by atoms with van der Waals surface area (Å²) in [5, 5.41) is 2.91. The van der Waals surface area contributed by atoms with Crippen LogP contribution in [0.2, 0.25) is 0 Å². The van der Waals surface area contributed by atoms with Gasteiger partial charge in [-0.2, -0.15) is 0 Å². The van der Waals surface area contributed by atoms with Crippen molar-refractivity contribution in [2.45, 2.75) is 19.9 Å². The normalized spacial score (nSPS) is 20.9. The van der Waals surface area contributed by atoms with E-state index in [1.807, 2.05) is 54.6 Å². The molecule has 1 aliphatic heterocycles. The Hall–Kier alpha value is -2.17. The number of carbonyl (C=O) groups excluding carboxylic acids is 1. The minimum Gasteiger partial charge on any atom is -0.330 e. The molecule has 0 spiro atoms. The SMILES string of the molecule is CC1(CN)CCN(Cc2ccc(C(=O)Nc3ccccc3)cc2)C1. The number of anilines is 1. The third-order valence-electron chi connectivity index (χ3n) is 4.78. The molecule has 1 amide bonds. The van der Waals surface area contributed by atoms with E-state index in [2.05, 4.69) is 17.1 Å². The van der Waals surface area contributed by atoms with Gasteiger partial charge in [0.1, 0.15) is 0 Å². The van der Waals surface area contributed by atoms with Crippen molar-refractivity contribution in [2.24, 2.45) is 11.1 Å². The molecule has 4 nitrogen and oxygen atoms in total. The lowest BCUT2D eigenvalue weighted by Crippen LogP contribution is -2.31. The number of amides is 1. The van der Waals surface area contributed by atoms with Crippen LogP contribution in [0.3, 0.4) is 0 Å². The molecule has 1 saturated heterocycles. The fraction of sp³-hybridized carbons (Fsp3) is 0.350. The Morgan fingerprint density at radius 3 is 2.50 bits per heavy atom. The molecule has 0 aliphatic carbocycles. The van der Waals surface area contributed by atoms with Crippen LogP contribution in [0.15, 0.2) is 54.6 Å². The molecule has 1 unspecified atom stereocenters. The second kappa shape index (κ2) is 7.16. The summed E-state index contributed by atoms with van der Waals surface area (Å²) < 4.78 is 0. The van der Waals surface area contributed by atoms with E-state index in [4.69, 9.17) is 5.73 Å². The van der Waals surface area contributed by atoms with Gasteiger partial charge in [-0.05, 0) is 54.8 Å². The maximum atomic E-state index is 12.3. The van der Waals surface area contributed by atoms with Crippen LogP contribution in [0.5, 0.6) is 0 Å². The predicted molar refractivity (Wildman–Crippen MR) is 97.9 cm³/mol. The molecule has 24 heavy (non-hydrogen) atoms. The molecule has 2 aromatic rings. The van der Waals surface area contributed by atoms with Crippen LogP contribution in [-0.4, -0.2) is 30.4 Å². The third kappa shape index (κ3) is 4.02. The van der Waals surface area contributed by atoms with Gasteiger partial charge in [0.25, 0.3) is 5.91 Å². The van der Waals surface area contributed by atoms with E-state index < -0.39 is 0 Å². The Kier molecular flexibility index (Phi) is 4.97. The number of nitrogens with one attached hydrogen (secondary N) is 1. The fourth-order valence-corrected chi connectivity index (χ4v) is 3.17. The highest BCUT2D eigenvalue weighted by atomic mass is 16.1. The monoisotopic (exact) mass is 323 g/mol. The van der Waals surface area contributed by atoms with Crippen molar-refractivity contribution in [3.05, 3.63) is 65.7 Å². The first-order valence-electron chi connectivity index (χ1n) is 8.46. The molecule has 1 heterocycles. The summed E-state index contributed by atoms with van der Waals surface area (Å²) in [6.07, 6.45) is 1.15. The van der Waals surface area contributed by atoms with E-state index in [1.54, 1.807) is 0 Å². The summed E-state index contributed by atoms with van der Waals surface area (Å²) in [6, 6.07) is 17.4. The van der Waals surface area contributed by atoms with E-state index in [9.17, 15) is 4.79 Å². The van der Waals surface area contributed by atoms with Gasteiger partial charge in [-0.1, -0.05) is 37.3 Å². The molecule has 0 bridgehead atoms. The summed E-state index contributed by atoms with van der Waals surface area (Å²) in [5.41, 5.74) is 8.83. The van der Waals surface area contributed by atoms with Crippen molar-refractivity contribution < 1.29 is 4.79 Å². The fourth-order valence-electron chi connectivity index (χ4n) is 3.17. The molecule has 1 aliphatic rings. The molecule has 0 radical (unpaired) electrons. The first kappa shape index (κ1) is 16.7. The Balaban J connectivity index is 1.58. The molecule has 0 aromatic heterocycles. The number of carbonyl (C=O) groups is 1. The summed E-state index contributed by atoms with van der Waals surface area (Å²) in [5.74, 6) is -0.0790. The average Bonchev–Trinajstić information content (AvgIpc) is 2.98. The van der Waals surface area contributed by atoms with Crippen LogP contribution in [0.4, 0.5) is 5.69 Å². The zero-order chi connectivity index (χ0) is 17.0. The molecular formula is C20H25N3O. The van der Waals surface area contributed by atoms with Crippen molar-refractivity contribution in [2.75, 3.05) is 25.0 Å². The molecular weight excluding hydrogens is 298 g/mol. The van der Waals surface area contributed by atoms with Gasteiger partial charge in [0, 0.05) is 24.3 Å². The second-order valence-corrected chi connectivity index (χ2v) is 6.99. The van der Waals surface area contributed by atoms with Gasteiger partial charge in [-0.3, -0.25) is 9.69 Å². The molecule has 2 aromatic carbocycles. The Labute approximate surface area is 143 Å². The zero-order valence-corrected chi connectivity index (χ0v) is 14.2. The lowest BCUT2D eigenvalue weighted by atomic mass is 9.90. The number of benzene rings is 2. The number of nitrogens with zero attached hydrogens (tertiary/aromatic N) is 1. The highest BCUT2D eigenvalue weighted by molar-refractivity contribution is 6.04. The summed E-state index contributed by atoms with van der Waals surface area (Å²) in [6.45, 7) is 6.03. The van der Waals surface area contributed by atoms with E-state index in [0.29, 0.717) is 5.56 Å². The maximum Gasteiger partial charge on any atom is 0.255 e. The van der Waals surface area contributed by atoms with Crippen molar-refractivity contribution in [1.82, 2.24) is 4.90 Å². The number of rotatable bonds is 5. The molecule has 1 atom stereocenters. The molecule has 0 saturated carbocycles. The molecule has 4 heteroatoms. The summed E-state index contributed by atoms with van der Waals surface area (Å²) in [7, 11) is 0. The van der Waals surface area contributed by atoms with Crippen LogP contribution in [0.25, 0.3) is 0 Å².